The minimum atomic E-state index is -0.0893. The van der Waals surface area contributed by atoms with E-state index in [4.69, 9.17) is 0 Å². The zero-order valence-electron chi connectivity index (χ0n) is 19.0. The number of piperidine rings is 1. The highest BCUT2D eigenvalue weighted by Gasteiger charge is 2.58. The molecule has 6 unspecified atom stereocenters. The first-order valence-electron chi connectivity index (χ1n) is 11.7. The van der Waals surface area contributed by atoms with Crippen LogP contribution in [-0.2, 0) is 9.59 Å². The third kappa shape index (κ3) is 4.94. The minimum Gasteiger partial charge on any atom is -0.356 e. The predicted molar refractivity (Wildman–Crippen MR) is 133 cm³/mol. The number of halogens is 1. The summed E-state index contributed by atoms with van der Waals surface area (Å²) >= 11 is 0. The molecule has 2 aliphatic heterocycles. The average Bonchev–Trinajstić information content (AvgIpc) is 3.42. The summed E-state index contributed by atoms with van der Waals surface area (Å²) in [6, 6.07) is 1.10. The lowest BCUT2D eigenvalue weighted by Gasteiger charge is -2.38. The van der Waals surface area contributed by atoms with Crippen molar-refractivity contribution >= 4 is 41.8 Å². The lowest BCUT2D eigenvalue weighted by molar-refractivity contribution is -0.140. The standard InChI is InChI=1S/C23H37N5O2.HI/c1-15-7-4-5-11-27(15)16(2)14-26-23(24-3)25-10-6-12-28-21(29)19-17-8-9-18(13-17)20(19)22(28)30;/h8-9,15-20H,4-7,10-14H2,1-3H3,(H2,24,25,26);1H. The van der Waals surface area contributed by atoms with Crippen LogP contribution in [0.1, 0.15) is 46.0 Å². The maximum absolute atomic E-state index is 12.7. The van der Waals surface area contributed by atoms with Gasteiger partial charge in [0.25, 0.3) is 0 Å². The molecule has 4 aliphatic rings. The molecule has 31 heavy (non-hydrogen) atoms. The number of aliphatic imine (C=N–C) groups is 1. The first kappa shape index (κ1) is 24.5. The SMILES string of the molecule is CN=C(NCCCN1C(=O)C2C3C=CC(C3)C2C1=O)NCC(C)N1CCCCC1C.I. The summed E-state index contributed by atoms with van der Waals surface area (Å²) in [6.07, 6.45) is 9.91. The molecule has 6 atom stereocenters. The number of carbonyl (C=O) groups is 2. The van der Waals surface area contributed by atoms with Crippen LogP contribution in [0.3, 0.4) is 0 Å². The number of rotatable bonds is 7. The van der Waals surface area contributed by atoms with Crippen LogP contribution in [0.2, 0.25) is 0 Å². The third-order valence-corrected chi connectivity index (χ3v) is 7.62. The van der Waals surface area contributed by atoms with Gasteiger partial charge in [-0.2, -0.15) is 0 Å². The van der Waals surface area contributed by atoms with Crippen molar-refractivity contribution in [3.63, 3.8) is 0 Å². The van der Waals surface area contributed by atoms with Gasteiger partial charge < -0.3 is 10.6 Å². The number of nitrogens with zero attached hydrogens (tertiary/aromatic N) is 3. The Bertz CT molecular complexity index is 697. The maximum atomic E-state index is 12.7. The second-order valence-corrected chi connectivity index (χ2v) is 9.49. The first-order valence-corrected chi connectivity index (χ1v) is 11.7. The van der Waals surface area contributed by atoms with E-state index in [0.29, 0.717) is 25.2 Å². The van der Waals surface area contributed by atoms with E-state index in [0.717, 1.165) is 25.3 Å². The Labute approximate surface area is 203 Å². The summed E-state index contributed by atoms with van der Waals surface area (Å²) in [5.41, 5.74) is 0. The first-order chi connectivity index (χ1) is 14.5. The van der Waals surface area contributed by atoms with Crippen LogP contribution in [0.25, 0.3) is 0 Å². The zero-order valence-corrected chi connectivity index (χ0v) is 21.4. The van der Waals surface area contributed by atoms with Crippen molar-refractivity contribution in [2.75, 3.05) is 33.2 Å². The summed E-state index contributed by atoms with van der Waals surface area (Å²) in [7, 11) is 1.78. The van der Waals surface area contributed by atoms with Gasteiger partial charge in [0.15, 0.2) is 5.96 Å². The average molecular weight is 543 g/mol. The Kier molecular flexibility index (Phi) is 8.40. The van der Waals surface area contributed by atoms with Gasteiger partial charge in [0, 0.05) is 38.8 Å². The molecule has 1 saturated carbocycles. The third-order valence-electron chi connectivity index (χ3n) is 7.62. The number of carbonyl (C=O) groups excluding carboxylic acids is 2. The van der Waals surface area contributed by atoms with Crippen LogP contribution >= 0.6 is 24.0 Å². The van der Waals surface area contributed by atoms with E-state index >= 15 is 0 Å². The Balaban J connectivity index is 0.00000272. The number of hydrogen-bond acceptors (Lipinski definition) is 4. The van der Waals surface area contributed by atoms with Gasteiger partial charge in [-0.05, 0) is 57.9 Å². The molecule has 0 aromatic rings. The molecule has 2 saturated heterocycles. The van der Waals surface area contributed by atoms with Gasteiger partial charge in [-0.25, -0.2) is 0 Å². The largest absolute Gasteiger partial charge is 0.356 e. The molecule has 0 aromatic carbocycles. The van der Waals surface area contributed by atoms with E-state index in [1.807, 2.05) is 0 Å². The lowest BCUT2D eigenvalue weighted by Crippen LogP contribution is -2.50. The Morgan fingerprint density at radius 2 is 1.84 bits per heavy atom. The zero-order chi connectivity index (χ0) is 21.3. The fraction of sp³-hybridized carbons (Fsp3) is 0.783. The van der Waals surface area contributed by atoms with Crippen molar-refractivity contribution in [2.24, 2.45) is 28.7 Å². The molecule has 8 heteroatoms. The number of nitrogens with one attached hydrogen (secondary N) is 2. The van der Waals surface area contributed by atoms with Crippen LogP contribution in [0, 0.1) is 23.7 Å². The van der Waals surface area contributed by atoms with E-state index in [2.05, 4.69) is 46.5 Å². The highest BCUT2D eigenvalue weighted by atomic mass is 127. The van der Waals surface area contributed by atoms with Crippen LogP contribution < -0.4 is 10.6 Å². The molecule has 2 amide bonds. The molecule has 0 aromatic heterocycles. The van der Waals surface area contributed by atoms with Gasteiger partial charge in [0.2, 0.25) is 11.8 Å². The van der Waals surface area contributed by atoms with Gasteiger partial charge >= 0.3 is 0 Å². The second-order valence-electron chi connectivity index (χ2n) is 9.49. The quantitative estimate of drug-likeness (QED) is 0.129. The number of guanidine groups is 1. The molecule has 174 valence electrons. The number of hydrogen-bond donors (Lipinski definition) is 2. The number of amides is 2. The number of allylic oxidation sites excluding steroid dienone is 2. The monoisotopic (exact) mass is 543 g/mol. The van der Waals surface area contributed by atoms with Gasteiger partial charge in [0.05, 0.1) is 11.8 Å². The van der Waals surface area contributed by atoms with Crippen LogP contribution in [0.15, 0.2) is 17.1 Å². The molecular weight excluding hydrogens is 505 g/mol. The predicted octanol–water partition coefficient (Wildman–Crippen LogP) is 2.23. The fourth-order valence-electron chi connectivity index (χ4n) is 5.99. The summed E-state index contributed by atoms with van der Waals surface area (Å²) < 4.78 is 0. The van der Waals surface area contributed by atoms with Gasteiger partial charge in [-0.15, -0.1) is 24.0 Å². The Morgan fingerprint density at radius 3 is 2.45 bits per heavy atom. The van der Waals surface area contributed by atoms with E-state index < -0.39 is 0 Å². The highest BCUT2D eigenvalue weighted by Crippen LogP contribution is 2.52. The maximum Gasteiger partial charge on any atom is 0.233 e. The summed E-state index contributed by atoms with van der Waals surface area (Å²) in [5.74, 6) is 1.27. The molecule has 2 heterocycles. The lowest BCUT2D eigenvalue weighted by atomic mass is 9.85. The number of imide groups is 1. The summed E-state index contributed by atoms with van der Waals surface area (Å²) in [6.45, 7) is 7.80. The van der Waals surface area contributed by atoms with Crippen molar-refractivity contribution < 1.29 is 9.59 Å². The molecule has 4 rings (SSSR count). The second kappa shape index (κ2) is 10.6. The van der Waals surface area contributed by atoms with Crippen molar-refractivity contribution in [3.05, 3.63) is 12.2 Å². The van der Waals surface area contributed by atoms with E-state index in [-0.39, 0.29) is 59.5 Å². The molecule has 3 fully saturated rings. The molecule has 7 nitrogen and oxygen atoms in total. The van der Waals surface area contributed by atoms with Crippen LogP contribution in [-0.4, -0.2) is 72.9 Å². The number of likely N-dealkylation sites (tertiary alicyclic amines) is 2. The van der Waals surface area contributed by atoms with Gasteiger partial charge in [0.1, 0.15) is 0 Å². The van der Waals surface area contributed by atoms with Crippen LogP contribution in [0.4, 0.5) is 0 Å². The van der Waals surface area contributed by atoms with Crippen molar-refractivity contribution in [2.45, 2.75) is 58.0 Å². The normalized spacial score (nSPS) is 33.5. The van der Waals surface area contributed by atoms with E-state index in [9.17, 15) is 9.59 Å². The number of fused-ring (bicyclic) bond motifs is 5. The van der Waals surface area contributed by atoms with Crippen molar-refractivity contribution in [3.8, 4) is 0 Å². The topological polar surface area (TPSA) is 77.0 Å². The highest BCUT2D eigenvalue weighted by molar-refractivity contribution is 14.0. The molecule has 2 N–H and O–H groups in total. The van der Waals surface area contributed by atoms with Crippen molar-refractivity contribution in [1.29, 1.82) is 0 Å². The molecule has 0 radical (unpaired) electrons. The minimum absolute atomic E-state index is 0. The fourth-order valence-corrected chi connectivity index (χ4v) is 5.99. The molecular formula is C23H38IN5O2. The summed E-state index contributed by atoms with van der Waals surface area (Å²) in [4.78, 5) is 33.9. The van der Waals surface area contributed by atoms with Crippen molar-refractivity contribution in [1.82, 2.24) is 20.4 Å². The van der Waals surface area contributed by atoms with E-state index in [1.165, 1.54) is 30.7 Å². The molecule has 2 bridgehead atoms. The van der Waals surface area contributed by atoms with Gasteiger partial charge in [-0.3, -0.25) is 24.4 Å². The van der Waals surface area contributed by atoms with Crippen LogP contribution in [0.5, 0.6) is 0 Å². The van der Waals surface area contributed by atoms with Gasteiger partial charge in [-0.1, -0.05) is 18.6 Å². The Hall–Kier alpha value is -1.16. The smallest absolute Gasteiger partial charge is 0.233 e. The summed E-state index contributed by atoms with van der Waals surface area (Å²) in [5, 5.41) is 6.76. The molecule has 2 aliphatic carbocycles. The Morgan fingerprint density at radius 1 is 1.16 bits per heavy atom. The molecule has 0 spiro atoms. The van der Waals surface area contributed by atoms with E-state index in [1.54, 1.807) is 7.05 Å².